The molecule has 0 bridgehead atoms. The number of nitrogens with two attached hydrogens (primary N) is 1. The molecule has 19 heavy (non-hydrogen) atoms. The van der Waals surface area contributed by atoms with Crippen LogP contribution in [0.15, 0.2) is 18.2 Å². The Morgan fingerprint density at radius 2 is 2.21 bits per heavy atom. The number of rotatable bonds is 6. The van der Waals surface area contributed by atoms with Gasteiger partial charge in [-0.15, -0.1) is 0 Å². The first kappa shape index (κ1) is 14.0. The largest absolute Gasteiger partial charge is 0.342 e. The van der Waals surface area contributed by atoms with Crippen LogP contribution in [0.25, 0.3) is 11.0 Å². The van der Waals surface area contributed by atoms with Gasteiger partial charge >= 0.3 is 0 Å². The monoisotopic (exact) mass is 260 g/mol. The number of H-pyrrole nitrogens is 1. The average molecular weight is 260 g/mol. The van der Waals surface area contributed by atoms with Crippen molar-refractivity contribution in [2.75, 3.05) is 20.1 Å². The minimum absolute atomic E-state index is 0.586. The van der Waals surface area contributed by atoms with E-state index in [0.29, 0.717) is 5.92 Å². The maximum Gasteiger partial charge on any atom is 0.104 e. The van der Waals surface area contributed by atoms with E-state index in [4.69, 9.17) is 5.73 Å². The Kier molecular flexibility index (Phi) is 4.56. The minimum Gasteiger partial charge on any atom is -0.342 e. The van der Waals surface area contributed by atoms with Crippen LogP contribution in [0, 0.1) is 12.8 Å². The fourth-order valence-corrected chi connectivity index (χ4v) is 2.47. The van der Waals surface area contributed by atoms with E-state index in [1.807, 2.05) is 6.92 Å². The SMILES string of the molecule is CCC(CN)CN(C)Cc1ccc2nc(C)[nH]c2c1. The lowest BCUT2D eigenvalue weighted by Gasteiger charge is -2.22. The van der Waals surface area contributed by atoms with Crippen molar-refractivity contribution in [2.45, 2.75) is 26.8 Å². The van der Waals surface area contributed by atoms with Crippen molar-refractivity contribution in [3.8, 4) is 0 Å². The predicted octanol–water partition coefficient (Wildman–Crippen LogP) is 2.29. The Balaban J connectivity index is 2.03. The van der Waals surface area contributed by atoms with Crippen molar-refractivity contribution in [1.82, 2.24) is 14.9 Å². The lowest BCUT2D eigenvalue weighted by Crippen LogP contribution is -2.29. The molecule has 2 aromatic rings. The number of nitrogens with zero attached hydrogens (tertiary/aromatic N) is 2. The van der Waals surface area contributed by atoms with E-state index in [9.17, 15) is 0 Å². The highest BCUT2D eigenvalue weighted by molar-refractivity contribution is 5.75. The number of hydrogen-bond acceptors (Lipinski definition) is 3. The van der Waals surface area contributed by atoms with E-state index < -0.39 is 0 Å². The molecule has 0 fully saturated rings. The molecule has 0 saturated carbocycles. The van der Waals surface area contributed by atoms with E-state index in [2.05, 4.69) is 47.0 Å². The van der Waals surface area contributed by atoms with Crippen molar-refractivity contribution < 1.29 is 0 Å². The molecule has 1 aromatic carbocycles. The number of nitrogens with one attached hydrogen (secondary N) is 1. The van der Waals surface area contributed by atoms with Crippen LogP contribution < -0.4 is 5.73 Å². The van der Waals surface area contributed by atoms with Gasteiger partial charge in [0, 0.05) is 13.1 Å². The number of fused-ring (bicyclic) bond motifs is 1. The fourth-order valence-electron chi connectivity index (χ4n) is 2.47. The summed E-state index contributed by atoms with van der Waals surface area (Å²) in [5, 5.41) is 0. The van der Waals surface area contributed by atoms with E-state index in [1.165, 1.54) is 5.56 Å². The number of aryl methyl sites for hydroxylation is 1. The van der Waals surface area contributed by atoms with Crippen molar-refractivity contribution in [1.29, 1.82) is 0 Å². The molecule has 1 heterocycles. The first-order chi connectivity index (χ1) is 9.12. The second kappa shape index (κ2) is 6.17. The summed E-state index contributed by atoms with van der Waals surface area (Å²) in [6, 6.07) is 6.43. The van der Waals surface area contributed by atoms with Crippen LogP contribution in [0.4, 0.5) is 0 Å². The molecule has 0 aliphatic carbocycles. The zero-order valence-corrected chi connectivity index (χ0v) is 12.1. The van der Waals surface area contributed by atoms with E-state index in [1.54, 1.807) is 0 Å². The fraction of sp³-hybridized carbons (Fsp3) is 0.533. The molecular formula is C15H24N4. The molecule has 1 unspecified atom stereocenters. The van der Waals surface area contributed by atoms with Gasteiger partial charge in [-0.3, -0.25) is 0 Å². The van der Waals surface area contributed by atoms with Gasteiger partial charge in [0.15, 0.2) is 0 Å². The van der Waals surface area contributed by atoms with E-state index >= 15 is 0 Å². The zero-order valence-electron chi connectivity index (χ0n) is 12.1. The number of hydrogen-bond donors (Lipinski definition) is 2. The Labute approximate surface area is 115 Å². The van der Waals surface area contributed by atoms with Gasteiger partial charge in [-0.25, -0.2) is 4.98 Å². The molecule has 4 heteroatoms. The summed E-state index contributed by atoms with van der Waals surface area (Å²) in [6.07, 6.45) is 1.14. The summed E-state index contributed by atoms with van der Waals surface area (Å²) in [5.74, 6) is 1.55. The highest BCUT2D eigenvalue weighted by Gasteiger charge is 2.09. The van der Waals surface area contributed by atoms with E-state index in [0.717, 1.165) is 42.9 Å². The molecular weight excluding hydrogens is 236 g/mol. The second-order valence-corrected chi connectivity index (χ2v) is 5.38. The van der Waals surface area contributed by atoms with Crippen LogP contribution in [-0.2, 0) is 6.54 Å². The van der Waals surface area contributed by atoms with Gasteiger partial charge in [0.2, 0.25) is 0 Å². The first-order valence-corrected chi connectivity index (χ1v) is 6.96. The topological polar surface area (TPSA) is 57.9 Å². The molecule has 0 aliphatic heterocycles. The Bertz CT molecular complexity index is 528. The highest BCUT2D eigenvalue weighted by Crippen LogP contribution is 2.15. The van der Waals surface area contributed by atoms with Gasteiger partial charge in [0.1, 0.15) is 5.82 Å². The summed E-state index contributed by atoms with van der Waals surface area (Å²) in [7, 11) is 2.15. The normalized spacial score (nSPS) is 13.3. The van der Waals surface area contributed by atoms with Crippen molar-refractivity contribution in [3.05, 3.63) is 29.6 Å². The Morgan fingerprint density at radius 3 is 2.89 bits per heavy atom. The minimum atomic E-state index is 0.586. The van der Waals surface area contributed by atoms with Gasteiger partial charge in [-0.1, -0.05) is 19.4 Å². The third-order valence-corrected chi connectivity index (χ3v) is 3.60. The summed E-state index contributed by atoms with van der Waals surface area (Å²) < 4.78 is 0. The third kappa shape index (κ3) is 3.55. The standard InChI is InChI=1S/C15H24N4/c1-4-12(8-16)9-19(3)10-13-5-6-14-15(7-13)18-11(2)17-14/h5-7,12H,4,8-10,16H2,1-3H3,(H,17,18). The van der Waals surface area contributed by atoms with Crippen molar-refractivity contribution in [2.24, 2.45) is 11.7 Å². The van der Waals surface area contributed by atoms with Gasteiger partial charge in [-0.05, 0) is 44.1 Å². The van der Waals surface area contributed by atoms with Gasteiger partial charge in [-0.2, -0.15) is 0 Å². The molecule has 104 valence electrons. The Hall–Kier alpha value is -1.39. The molecule has 2 rings (SSSR count). The molecule has 0 aliphatic rings. The second-order valence-electron chi connectivity index (χ2n) is 5.38. The molecule has 3 N–H and O–H groups in total. The van der Waals surface area contributed by atoms with Crippen molar-refractivity contribution >= 4 is 11.0 Å². The molecule has 1 aromatic heterocycles. The van der Waals surface area contributed by atoms with Gasteiger partial charge < -0.3 is 15.6 Å². The zero-order chi connectivity index (χ0) is 13.8. The quantitative estimate of drug-likeness (QED) is 0.838. The molecule has 0 amide bonds. The first-order valence-electron chi connectivity index (χ1n) is 6.96. The number of aromatic amines is 1. The van der Waals surface area contributed by atoms with Crippen LogP contribution in [0.2, 0.25) is 0 Å². The van der Waals surface area contributed by atoms with Crippen LogP contribution in [-0.4, -0.2) is 35.0 Å². The van der Waals surface area contributed by atoms with Gasteiger partial charge in [0.25, 0.3) is 0 Å². The number of benzene rings is 1. The van der Waals surface area contributed by atoms with Gasteiger partial charge in [0.05, 0.1) is 11.0 Å². The summed E-state index contributed by atoms with van der Waals surface area (Å²) in [6.45, 7) is 6.95. The lowest BCUT2D eigenvalue weighted by molar-refractivity contribution is 0.268. The van der Waals surface area contributed by atoms with Crippen LogP contribution in [0.3, 0.4) is 0 Å². The average Bonchev–Trinajstić information content (AvgIpc) is 2.75. The summed E-state index contributed by atoms with van der Waals surface area (Å²) in [5.41, 5.74) is 9.23. The molecule has 0 radical (unpaired) electrons. The van der Waals surface area contributed by atoms with Crippen LogP contribution in [0.1, 0.15) is 24.7 Å². The maximum atomic E-state index is 5.76. The highest BCUT2D eigenvalue weighted by atomic mass is 15.1. The van der Waals surface area contributed by atoms with Crippen LogP contribution in [0.5, 0.6) is 0 Å². The molecule has 1 atom stereocenters. The maximum absolute atomic E-state index is 5.76. The summed E-state index contributed by atoms with van der Waals surface area (Å²) in [4.78, 5) is 10.0. The van der Waals surface area contributed by atoms with Crippen molar-refractivity contribution in [3.63, 3.8) is 0 Å². The lowest BCUT2D eigenvalue weighted by atomic mass is 10.1. The van der Waals surface area contributed by atoms with Crippen LogP contribution >= 0.6 is 0 Å². The number of aromatic nitrogens is 2. The molecule has 0 spiro atoms. The smallest absolute Gasteiger partial charge is 0.104 e. The third-order valence-electron chi connectivity index (χ3n) is 3.60. The molecule has 0 saturated heterocycles. The molecule has 4 nitrogen and oxygen atoms in total. The van der Waals surface area contributed by atoms with E-state index in [-0.39, 0.29) is 0 Å². The summed E-state index contributed by atoms with van der Waals surface area (Å²) >= 11 is 0. The predicted molar refractivity (Wildman–Crippen MR) is 80.0 cm³/mol. The number of imidazole rings is 1. The Morgan fingerprint density at radius 1 is 1.42 bits per heavy atom.